The summed E-state index contributed by atoms with van der Waals surface area (Å²) in [5, 5.41) is 0. The molecule has 0 fully saturated rings. The second-order valence-electron chi connectivity index (χ2n) is 22.4. The maximum atomic E-state index is 12.9. The highest BCUT2D eigenvalue weighted by molar-refractivity contribution is 5.71. The third kappa shape index (κ3) is 60.6. The predicted octanol–water partition coefficient (Wildman–Crippen LogP) is 22.2. The van der Waals surface area contributed by atoms with E-state index < -0.39 is 6.10 Å². The summed E-state index contributed by atoms with van der Waals surface area (Å²) in [6, 6.07) is 0. The second-order valence-corrected chi connectivity index (χ2v) is 22.4. The molecule has 0 bridgehead atoms. The minimum atomic E-state index is -0.772. The molecule has 0 amide bonds. The number of carbonyl (C=O) groups is 3. The Morgan fingerprint density at radius 3 is 0.781 bits per heavy atom. The summed E-state index contributed by atoms with van der Waals surface area (Å²) >= 11 is 0. The number of ether oxygens (including phenoxy) is 3. The van der Waals surface area contributed by atoms with E-state index in [1.165, 1.54) is 257 Å². The minimum absolute atomic E-state index is 0.0683. The van der Waals surface area contributed by atoms with E-state index in [1.807, 2.05) is 0 Å². The van der Waals surface area contributed by atoms with Crippen molar-refractivity contribution in [3.63, 3.8) is 0 Å². The van der Waals surface area contributed by atoms with Crippen molar-refractivity contribution in [2.75, 3.05) is 13.2 Å². The molecule has 0 radical (unpaired) electrons. The van der Waals surface area contributed by atoms with E-state index in [2.05, 4.69) is 45.1 Å². The molecular weight excluding hydrogens is 901 g/mol. The number of carbonyl (C=O) groups excluding carboxylic acids is 3. The van der Waals surface area contributed by atoms with Crippen molar-refractivity contribution in [1.82, 2.24) is 0 Å². The van der Waals surface area contributed by atoms with E-state index in [0.717, 1.165) is 70.6 Å². The van der Waals surface area contributed by atoms with Crippen LogP contribution in [0.3, 0.4) is 0 Å². The number of esters is 3. The first-order valence-corrected chi connectivity index (χ1v) is 32.8. The van der Waals surface area contributed by atoms with Crippen molar-refractivity contribution in [1.29, 1.82) is 0 Å². The van der Waals surface area contributed by atoms with Gasteiger partial charge in [0.25, 0.3) is 0 Å². The van der Waals surface area contributed by atoms with Crippen LogP contribution in [0.25, 0.3) is 0 Å². The molecule has 6 nitrogen and oxygen atoms in total. The first-order valence-electron chi connectivity index (χ1n) is 32.8. The maximum absolute atomic E-state index is 12.9. The van der Waals surface area contributed by atoms with Crippen LogP contribution < -0.4 is 0 Å². The van der Waals surface area contributed by atoms with Gasteiger partial charge in [-0.2, -0.15) is 0 Å². The van der Waals surface area contributed by atoms with Gasteiger partial charge in [0.05, 0.1) is 0 Å². The van der Waals surface area contributed by atoms with Gasteiger partial charge in [-0.15, -0.1) is 0 Å². The van der Waals surface area contributed by atoms with Crippen LogP contribution in [0, 0.1) is 0 Å². The molecule has 0 N–H and O–H groups in total. The zero-order valence-electron chi connectivity index (χ0n) is 49.4. The number of allylic oxidation sites excluding steroid dienone is 4. The standard InChI is InChI=1S/C67H126O6/c1-4-7-10-13-16-19-22-25-28-31-32-33-34-37-39-42-45-48-51-54-57-60-66(69)72-63-64(73-67(70)61-58-55-52-49-46-43-40-36-30-27-24-21-18-15-12-9-6-3)62-71-65(68)59-56-53-50-47-44-41-38-35-29-26-23-20-17-14-11-8-5-2/h18,21,27,30,64H,4-17,19-20,22-26,28-29,31-63H2,1-3H3/b21-18-,30-27-. The molecule has 6 heteroatoms. The van der Waals surface area contributed by atoms with Gasteiger partial charge in [-0.25, -0.2) is 0 Å². The van der Waals surface area contributed by atoms with Crippen molar-refractivity contribution >= 4 is 17.9 Å². The second kappa shape index (κ2) is 62.4. The lowest BCUT2D eigenvalue weighted by atomic mass is 10.0. The molecule has 0 rings (SSSR count). The number of rotatable bonds is 61. The molecule has 0 aliphatic carbocycles. The van der Waals surface area contributed by atoms with Gasteiger partial charge in [-0.05, 0) is 51.4 Å². The van der Waals surface area contributed by atoms with E-state index in [9.17, 15) is 14.4 Å². The van der Waals surface area contributed by atoms with Gasteiger partial charge in [0.15, 0.2) is 6.10 Å². The van der Waals surface area contributed by atoms with Gasteiger partial charge >= 0.3 is 17.9 Å². The Kier molecular flexibility index (Phi) is 60.6. The molecule has 73 heavy (non-hydrogen) atoms. The van der Waals surface area contributed by atoms with Crippen LogP contribution in [-0.4, -0.2) is 37.2 Å². The van der Waals surface area contributed by atoms with E-state index >= 15 is 0 Å². The molecule has 0 aliphatic heterocycles. The Bertz CT molecular complexity index is 1180. The fraction of sp³-hybridized carbons (Fsp3) is 0.896. The molecule has 430 valence electrons. The fourth-order valence-corrected chi connectivity index (χ4v) is 10.0. The molecule has 1 unspecified atom stereocenters. The molecule has 0 saturated heterocycles. The highest BCUT2D eigenvalue weighted by Crippen LogP contribution is 2.18. The van der Waals surface area contributed by atoms with Crippen LogP contribution in [-0.2, 0) is 28.6 Å². The average molecular weight is 1030 g/mol. The molecule has 0 aromatic rings. The topological polar surface area (TPSA) is 78.9 Å². The van der Waals surface area contributed by atoms with E-state index in [-0.39, 0.29) is 31.1 Å². The normalized spacial score (nSPS) is 12.1. The van der Waals surface area contributed by atoms with Crippen LogP contribution in [0.5, 0.6) is 0 Å². The summed E-state index contributed by atoms with van der Waals surface area (Å²) in [7, 11) is 0. The quantitative estimate of drug-likeness (QED) is 0.0261. The first kappa shape index (κ1) is 70.9. The Morgan fingerprint density at radius 1 is 0.274 bits per heavy atom. The predicted molar refractivity (Wildman–Crippen MR) is 316 cm³/mol. The third-order valence-electron chi connectivity index (χ3n) is 15.0. The fourth-order valence-electron chi connectivity index (χ4n) is 10.0. The maximum Gasteiger partial charge on any atom is 0.306 e. The van der Waals surface area contributed by atoms with E-state index in [4.69, 9.17) is 14.2 Å². The lowest BCUT2D eigenvalue weighted by Gasteiger charge is -2.18. The van der Waals surface area contributed by atoms with Crippen molar-refractivity contribution < 1.29 is 28.6 Å². The Labute approximate surface area is 455 Å². The molecule has 0 aromatic heterocycles. The Morgan fingerprint density at radius 2 is 0.493 bits per heavy atom. The average Bonchev–Trinajstić information content (AvgIpc) is 3.39. The highest BCUT2D eigenvalue weighted by Gasteiger charge is 2.19. The number of hydrogen-bond acceptors (Lipinski definition) is 6. The van der Waals surface area contributed by atoms with Gasteiger partial charge in [0, 0.05) is 19.3 Å². The highest BCUT2D eigenvalue weighted by atomic mass is 16.6. The third-order valence-corrected chi connectivity index (χ3v) is 15.0. The molecular formula is C67H126O6. The van der Waals surface area contributed by atoms with E-state index in [1.54, 1.807) is 0 Å². The monoisotopic (exact) mass is 1030 g/mol. The van der Waals surface area contributed by atoms with Gasteiger partial charge < -0.3 is 14.2 Å². The first-order chi connectivity index (χ1) is 36.0. The van der Waals surface area contributed by atoms with Crippen molar-refractivity contribution in [2.24, 2.45) is 0 Å². The summed E-state index contributed by atoms with van der Waals surface area (Å²) in [5.41, 5.74) is 0. The molecule has 1 atom stereocenters. The smallest absolute Gasteiger partial charge is 0.306 e. The lowest BCUT2D eigenvalue weighted by Crippen LogP contribution is -2.30. The molecule has 0 heterocycles. The number of unbranched alkanes of at least 4 members (excludes halogenated alkanes) is 46. The van der Waals surface area contributed by atoms with Gasteiger partial charge in [0.1, 0.15) is 13.2 Å². The lowest BCUT2D eigenvalue weighted by molar-refractivity contribution is -0.167. The largest absolute Gasteiger partial charge is 0.462 e. The van der Waals surface area contributed by atoms with Crippen LogP contribution in [0.2, 0.25) is 0 Å². The molecule has 0 aromatic carbocycles. The van der Waals surface area contributed by atoms with Crippen LogP contribution in [0.15, 0.2) is 24.3 Å². The minimum Gasteiger partial charge on any atom is -0.462 e. The zero-order chi connectivity index (χ0) is 52.9. The van der Waals surface area contributed by atoms with Crippen molar-refractivity contribution in [3.05, 3.63) is 24.3 Å². The van der Waals surface area contributed by atoms with Crippen LogP contribution in [0.1, 0.15) is 367 Å². The summed E-state index contributed by atoms with van der Waals surface area (Å²) < 4.78 is 17.0. The van der Waals surface area contributed by atoms with Crippen molar-refractivity contribution in [2.45, 2.75) is 374 Å². The van der Waals surface area contributed by atoms with Gasteiger partial charge in [-0.3, -0.25) is 14.4 Å². The van der Waals surface area contributed by atoms with E-state index in [0.29, 0.717) is 19.3 Å². The summed E-state index contributed by atoms with van der Waals surface area (Å²) in [5.74, 6) is -0.846. The van der Waals surface area contributed by atoms with Gasteiger partial charge in [-0.1, -0.05) is 321 Å². The molecule has 0 spiro atoms. The molecule has 0 saturated carbocycles. The van der Waals surface area contributed by atoms with Crippen molar-refractivity contribution in [3.8, 4) is 0 Å². The summed E-state index contributed by atoms with van der Waals surface area (Å²) in [6.45, 7) is 6.69. The summed E-state index contributed by atoms with van der Waals surface area (Å²) in [4.78, 5) is 38.3. The molecule has 0 aliphatic rings. The zero-order valence-corrected chi connectivity index (χ0v) is 49.4. The van der Waals surface area contributed by atoms with Gasteiger partial charge in [0.2, 0.25) is 0 Å². The SMILES string of the molecule is CCCCC/C=C\C/C=C\CCCCCCCCCC(=O)OC(COC(=O)CCCCCCCCCCCCCCCCCCC)COC(=O)CCCCCCCCCCCCCCCCCCCCCCC. The summed E-state index contributed by atoms with van der Waals surface area (Å²) in [6.07, 6.45) is 74.7. The Hall–Kier alpha value is -2.11. The Balaban J connectivity index is 4.30. The van der Waals surface area contributed by atoms with Crippen LogP contribution >= 0.6 is 0 Å². The number of hydrogen-bond donors (Lipinski definition) is 0. The van der Waals surface area contributed by atoms with Crippen LogP contribution in [0.4, 0.5) is 0 Å².